The monoisotopic (exact) mass is 246 g/mol. The van der Waals surface area contributed by atoms with Gasteiger partial charge in [-0.05, 0) is 19.4 Å². The lowest BCUT2D eigenvalue weighted by atomic mass is 10.2. The molecule has 0 unspecified atom stereocenters. The summed E-state index contributed by atoms with van der Waals surface area (Å²) in [6.45, 7) is 8.41. The number of hydrogen-bond acceptors (Lipinski definition) is 3. The van der Waals surface area contributed by atoms with Gasteiger partial charge in [-0.3, -0.25) is 4.68 Å². The average molecular weight is 246 g/mol. The Bertz CT molecular complexity index is 470. The molecule has 0 aliphatic rings. The van der Waals surface area contributed by atoms with Crippen molar-refractivity contribution in [1.82, 2.24) is 9.78 Å². The van der Waals surface area contributed by atoms with Crippen molar-refractivity contribution in [2.45, 2.75) is 20.4 Å². The third-order valence-electron chi connectivity index (χ3n) is 2.25. The van der Waals surface area contributed by atoms with Crippen molar-refractivity contribution >= 4 is 5.97 Å². The highest BCUT2D eigenvalue weighted by atomic mass is 16.5. The molecule has 1 heterocycles. The molecule has 0 saturated carbocycles. The number of aromatic nitrogens is 2. The molecular formula is C14H18N2O2. The van der Waals surface area contributed by atoms with E-state index in [0.717, 1.165) is 5.57 Å². The molecule has 4 nitrogen and oxygen atoms in total. The van der Waals surface area contributed by atoms with Crippen LogP contribution in [0.15, 0.2) is 48.8 Å². The number of ether oxygens (including phenoxy) is 1. The first-order valence-corrected chi connectivity index (χ1v) is 5.85. The van der Waals surface area contributed by atoms with Gasteiger partial charge in [0.05, 0.1) is 24.9 Å². The van der Waals surface area contributed by atoms with E-state index in [-0.39, 0.29) is 5.97 Å². The van der Waals surface area contributed by atoms with Gasteiger partial charge in [0, 0.05) is 6.20 Å². The Balaban J connectivity index is 2.74. The van der Waals surface area contributed by atoms with E-state index in [1.54, 1.807) is 23.9 Å². The van der Waals surface area contributed by atoms with Crippen molar-refractivity contribution in [2.24, 2.45) is 0 Å². The van der Waals surface area contributed by atoms with Crippen LogP contribution in [0.2, 0.25) is 0 Å². The number of hydrogen-bond donors (Lipinski definition) is 0. The van der Waals surface area contributed by atoms with Crippen molar-refractivity contribution in [1.29, 1.82) is 0 Å². The van der Waals surface area contributed by atoms with Crippen LogP contribution in [0, 0.1) is 0 Å². The van der Waals surface area contributed by atoms with E-state index in [2.05, 4.69) is 11.7 Å². The van der Waals surface area contributed by atoms with Gasteiger partial charge in [-0.25, -0.2) is 4.79 Å². The maximum absolute atomic E-state index is 11.5. The minimum Gasteiger partial charge on any atom is -0.462 e. The summed E-state index contributed by atoms with van der Waals surface area (Å²) in [6, 6.07) is 0. The third kappa shape index (κ3) is 4.05. The predicted molar refractivity (Wildman–Crippen MR) is 71.3 cm³/mol. The third-order valence-corrected chi connectivity index (χ3v) is 2.25. The van der Waals surface area contributed by atoms with E-state index < -0.39 is 0 Å². The summed E-state index contributed by atoms with van der Waals surface area (Å²) in [6.07, 6.45) is 10.8. The van der Waals surface area contributed by atoms with Crippen LogP contribution in [0.25, 0.3) is 0 Å². The molecule has 0 atom stereocenters. The zero-order valence-corrected chi connectivity index (χ0v) is 10.8. The molecule has 1 aromatic heterocycles. The van der Waals surface area contributed by atoms with Crippen molar-refractivity contribution in [3.63, 3.8) is 0 Å². The molecule has 96 valence electrons. The van der Waals surface area contributed by atoms with Crippen molar-refractivity contribution < 1.29 is 9.53 Å². The first-order valence-electron chi connectivity index (χ1n) is 5.85. The van der Waals surface area contributed by atoms with Crippen LogP contribution in [-0.2, 0) is 11.3 Å². The lowest BCUT2D eigenvalue weighted by molar-refractivity contribution is 0.0526. The van der Waals surface area contributed by atoms with Gasteiger partial charge in [0.15, 0.2) is 0 Å². The Morgan fingerprint density at radius 3 is 3.00 bits per heavy atom. The molecular weight excluding hydrogens is 228 g/mol. The smallest absolute Gasteiger partial charge is 0.341 e. The van der Waals surface area contributed by atoms with Gasteiger partial charge in [0.1, 0.15) is 0 Å². The molecule has 0 saturated heterocycles. The second-order valence-electron chi connectivity index (χ2n) is 3.62. The quantitative estimate of drug-likeness (QED) is 0.572. The lowest BCUT2D eigenvalue weighted by Gasteiger charge is -2.01. The second kappa shape index (κ2) is 7.27. The largest absolute Gasteiger partial charge is 0.462 e. The van der Waals surface area contributed by atoms with E-state index in [0.29, 0.717) is 18.7 Å². The number of carbonyl (C=O) groups excluding carboxylic acids is 1. The summed E-state index contributed by atoms with van der Waals surface area (Å²) in [7, 11) is 0. The maximum atomic E-state index is 11.5. The number of rotatable bonds is 6. The number of allylic oxidation sites excluding steroid dienone is 5. The molecule has 0 fully saturated rings. The molecule has 0 aliphatic heterocycles. The van der Waals surface area contributed by atoms with E-state index in [9.17, 15) is 4.79 Å². The van der Waals surface area contributed by atoms with E-state index in [1.165, 1.54) is 6.20 Å². The van der Waals surface area contributed by atoms with Crippen LogP contribution < -0.4 is 0 Å². The van der Waals surface area contributed by atoms with Gasteiger partial charge in [-0.1, -0.05) is 30.9 Å². The average Bonchev–Trinajstić information content (AvgIpc) is 2.83. The fourth-order valence-corrected chi connectivity index (χ4v) is 1.36. The maximum Gasteiger partial charge on any atom is 0.341 e. The van der Waals surface area contributed by atoms with Crippen LogP contribution in [0.4, 0.5) is 0 Å². The molecule has 0 radical (unpaired) electrons. The first kappa shape index (κ1) is 14.0. The Morgan fingerprint density at radius 1 is 1.61 bits per heavy atom. The van der Waals surface area contributed by atoms with Gasteiger partial charge in [0.25, 0.3) is 0 Å². The minimum atomic E-state index is -0.346. The van der Waals surface area contributed by atoms with Crippen LogP contribution in [0.3, 0.4) is 0 Å². The standard InChI is InChI=1S/C14H18N2O2/c1-4-7-8-12(5-2)10-16-11-13(9-15-16)14(17)18-6-3/h4-5,7-9,11H,2,6,10H2,1,3H3/b7-4-,12-8+. The van der Waals surface area contributed by atoms with Crippen LogP contribution in [0.1, 0.15) is 24.2 Å². The fraction of sp³-hybridized carbons (Fsp3) is 0.286. The SMILES string of the molecule is C=C/C(=C\C=C/C)Cn1cc(C(=O)OCC)cn1. The molecule has 1 rings (SSSR count). The summed E-state index contributed by atoms with van der Waals surface area (Å²) in [4.78, 5) is 11.5. The van der Waals surface area contributed by atoms with E-state index in [4.69, 9.17) is 4.74 Å². The second-order valence-corrected chi connectivity index (χ2v) is 3.62. The Kier molecular flexibility index (Phi) is 5.64. The Hall–Kier alpha value is -2.10. The molecule has 0 aromatic carbocycles. The molecule has 0 aliphatic carbocycles. The highest BCUT2D eigenvalue weighted by molar-refractivity contribution is 5.88. The first-order chi connectivity index (χ1) is 8.71. The molecule has 0 amide bonds. The zero-order chi connectivity index (χ0) is 13.4. The number of carbonyl (C=O) groups is 1. The van der Waals surface area contributed by atoms with Crippen molar-refractivity contribution in [3.05, 3.63) is 54.4 Å². The van der Waals surface area contributed by atoms with Gasteiger partial charge in [0.2, 0.25) is 0 Å². The Morgan fingerprint density at radius 2 is 2.39 bits per heavy atom. The predicted octanol–water partition coefficient (Wildman–Crippen LogP) is 2.75. The summed E-state index contributed by atoms with van der Waals surface area (Å²) in [5, 5.41) is 4.12. The highest BCUT2D eigenvalue weighted by Gasteiger charge is 2.09. The summed E-state index contributed by atoms with van der Waals surface area (Å²) in [5.41, 5.74) is 1.48. The van der Waals surface area contributed by atoms with Crippen LogP contribution in [0.5, 0.6) is 0 Å². The number of nitrogens with zero attached hydrogens (tertiary/aromatic N) is 2. The zero-order valence-electron chi connectivity index (χ0n) is 10.8. The summed E-state index contributed by atoms with van der Waals surface area (Å²) >= 11 is 0. The van der Waals surface area contributed by atoms with Crippen LogP contribution >= 0.6 is 0 Å². The lowest BCUT2D eigenvalue weighted by Crippen LogP contribution is -2.04. The van der Waals surface area contributed by atoms with Gasteiger partial charge in [-0.2, -0.15) is 5.10 Å². The molecule has 18 heavy (non-hydrogen) atoms. The molecule has 1 aromatic rings. The molecule has 0 bridgehead atoms. The van der Waals surface area contributed by atoms with E-state index in [1.807, 2.05) is 25.2 Å². The fourth-order valence-electron chi connectivity index (χ4n) is 1.36. The molecule has 0 N–H and O–H groups in total. The van der Waals surface area contributed by atoms with Crippen molar-refractivity contribution in [2.75, 3.05) is 6.61 Å². The summed E-state index contributed by atoms with van der Waals surface area (Å²) in [5.74, 6) is -0.346. The minimum absolute atomic E-state index is 0.346. The topological polar surface area (TPSA) is 44.1 Å². The van der Waals surface area contributed by atoms with Gasteiger partial charge >= 0.3 is 5.97 Å². The highest BCUT2D eigenvalue weighted by Crippen LogP contribution is 2.05. The van der Waals surface area contributed by atoms with Gasteiger partial charge in [-0.15, -0.1) is 0 Å². The summed E-state index contributed by atoms with van der Waals surface area (Å²) < 4.78 is 6.58. The van der Waals surface area contributed by atoms with E-state index >= 15 is 0 Å². The normalized spacial score (nSPS) is 11.8. The van der Waals surface area contributed by atoms with Crippen LogP contribution in [-0.4, -0.2) is 22.4 Å². The molecule has 0 spiro atoms. The van der Waals surface area contributed by atoms with Crippen molar-refractivity contribution in [3.8, 4) is 0 Å². The number of esters is 1. The van der Waals surface area contributed by atoms with Gasteiger partial charge < -0.3 is 4.74 Å². The Labute approximate surface area is 107 Å². The molecule has 4 heteroatoms.